The molecule has 1 atom stereocenters. The summed E-state index contributed by atoms with van der Waals surface area (Å²) in [5, 5.41) is 8.48. The molecule has 0 fully saturated rings. The molecule has 0 bridgehead atoms. The van der Waals surface area contributed by atoms with Gasteiger partial charge in [0.1, 0.15) is 0 Å². The van der Waals surface area contributed by atoms with Gasteiger partial charge in [0.05, 0.1) is 6.07 Å². The Morgan fingerprint density at radius 3 is 2.36 bits per heavy atom. The van der Waals surface area contributed by atoms with Crippen LogP contribution in [0.4, 0.5) is 0 Å². The Balaban J connectivity index is 0. The molecule has 56 valence electrons. The van der Waals surface area contributed by atoms with Crippen molar-refractivity contribution in [3.63, 3.8) is 0 Å². The molecule has 0 aromatic heterocycles. The summed E-state index contributed by atoms with van der Waals surface area (Å²) in [7, 11) is 0. The first-order chi connectivity index (χ1) is 4.70. The van der Waals surface area contributed by atoms with Crippen LogP contribution in [0.3, 0.4) is 0 Å². The SMILES string of the molecule is CC(C)CC(C#N)C[C-]=O.[K+]. The van der Waals surface area contributed by atoms with E-state index >= 15 is 0 Å². The molecule has 0 N–H and O–H groups in total. The third-order valence-corrected chi connectivity index (χ3v) is 1.27. The number of carbonyl (C=O) groups excluding carboxylic acids is 1. The molecule has 0 aromatic carbocycles. The smallest absolute Gasteiger partial charge is 0.542 e. The van der Waals surface area contributed by atoms with Crippen LogP contribution in [0, 0.1) is 23.2 Å². The van der Waals surface area contributed by atoms with Gasteiger partial charge in [-0.25, -0.2) is 0 Å². The van der Waals surface area contributed by atoms with Crippen molar-refractivity contribution >= 4 is 6.29 Å². The summed E-state index contributed by atoms with van der Waals surface area (Å²) in [5.41, 5.74) is 0. The molecule has 0 rings (SSSR count). The van der Waals surface area contributed by atoms with Gasteiger partial charge in [-0.1, -0.05) is 13.8 Å². The Morgan fingerprint density at radius 2 is 2.09 bits per heavy atom. The number of nitriles is 1. The summed E-state index contributed by atoms with van der Waals surface area (Å²) in [6.07, 6.45) is 2.81. The van der Waals surface area contributed by atoms with Crippen LogP contribution in [0.1, 0.15) is 26.7 Å². The standard InChI is InChI=1S/C8H12NO.K/c1-7(2)5-8(6-9)3-4-10;/h7-8H,3,5H2,1-2H3;/q-1;+1. The maximum absolute atomic E-state index is 9.88. The molecular formula is C8H12KNO. The van der Waals surface area contributed by atoms with Gasteiger partial charge in [-0.2, -0.15) is 5.26 Å². The van der Waals surface area contributed by atoms with Gasteiger partial charge < -0.3 is 4.79 Å². The third kappa shape index (κ3) is 8.70. The molecule has 2 nitrogen and oxygen atoms in total. The number of nitrogens with zero attached hydrogens (tertiary/aromatic N) is 1. The van der Waals surface area contributed by atoms with E-state index in [0.717, 1.165) is 6.42 Å². The molecule has 0 radical (unpaired) electrons. The summed E-state index contributed by atoms with van der Waals surface area (Å²) < 4.78 is 0. The molecule has 3 heteroatoms. The molecule has 0 spiro atoms. The first kappa shape index (κ1) is 14.3. The van der Waals surface area contributed by atoms with E-state index < -0.39 is 0 Å². The van der Waals surface area contributed by atoms with Gasteiger partial charge in [0.2, 0.25) is 0 Å². The topological polar surface area (TPSA) is 40.9 Å². The molecule has 0 heterocycles. The van der Waals surface area contributed by atoms with Crippen molar-refractivity contribution in [1.29, 1.82) is 5.26 Å². The van der Waals surface area contributed by atoms with E-state index in [4.69, 9.17) is 5.26 Å². The fourth-order valence-electron chi connectivity index (χ4n) is 0.851. The fraction of sp³-hybridized carbons (Fsp3) is 0.750. The summed E-state index contributed by atoms with van der Waals surface area (Å²) in [4.78, 5) is 9.88. The quantitative estimate of drug-likeness (QED) is 0.394. The molecule has 0 aliphatic carbocycles. The molecule has 0 aliphatic rings. The predicted molar refractivity (Wildman–Crippen MR) is 38.9 cm³/mol. The molecule has 0 amide bonds. The summed E-state index contributed by atoms with van der Waals surface area (Å²) in [5.74, 6) is 0.357. The van der Waals surface area contributed by atoms with Crippen molar-refractivity contribution in [3.05, 3.63) is 0 Å². The summed E-state index contributed by atoms with van der Waals surface area (Å²) in [6.45, 7) is 4.07. The molecule has 0 aliphatic heterocycles. The Morgan fingerprint density at radius 1 is 1.55 bits per heavy atom. The zero-order valence-corrected chi connectivity index (χ0v) is 10.5. The maximum atomic E-state index is 9.88. The van der Waals surface area contributed by atoms with Gasteiger partial charge in [-0.05, 0) is 12.3 Å². The second-order valence-electron chi connectivity index (χ2n) is 2.80. The Labute approximate surface area is 111 Å². The fourth-order valence-corrected chi connectivity index (χ4v) is 0.851. The summed E-state index contributed by atoms with van der Waals surface area (Å²) in [6, 6.07) is 2.07. The van der Waals surface area contributed by atoms with Crippen LogP contribution < -0.4 is 51.4 Å². The largest absolute Gasteiger partial charge is 1.00 e. The van der Waals surface area contributed by atoms with Crippen molar-refractivity contribution in [2.75, 3.05) is 0 Å². The van der Waals surface area contributed by atoms with Gasteiger partial charge in [0.25, 0.3) is 0 Å². The molecule has 0 aromatic rings. The van der Waals surface area contributed by atoms with Gasteiger partial charge in [-0.3, -0.25) is 6.29 Å². The molecule has 1 unspecified atom stereocenters. The van der Waals surface area contributed by atoms with Gasteiger partial charge >= 0.3 is 51.4 Å². The van der Waals surface area contributed by atoms with E-state index in [0.29, 0.717) is 5.92 Å². The monoisotopic (exact) mass is 177 g/mol. The Kier molecular flexibility index (Phi) is 11.6. The first-order valence-electron chi connectivity index (χ1n) is 3.45. The van der Waals surface area contributed by atoms with Crippen LogP contribution in [0.15, 0.2) is 0 Å². The summed E-state index contributed by atoms with van der Waals surface area (Å²) >= 11 is 0. The second-order valence-corrected chi connectivity index (χ2v) is 2.80. The molecular weight excluding hydrogens is 165 g/mol. The Hall–Kier alpha value is 0.796. The van der Waals surface area contributed by atoms with Crippen molar-refractivity contribution in [1.82, 2.24) is 0 Å². The van der Waals surface area contributed by atoms with Gasteiger partial charge in [0.15, 0.2) is 0 Å². The van der Waals surface area contributed by atoms with Crippen LogP contribution in [0.2, 0.25) is 0 Å². The molecule has 11 heavy (non-hydrogen) atoms. The maximum Gasteiger partial charge on any atom is 1.00 e. The van der Waals surface area contributed by atoms with Crippen molar-refractivity contribution in [2.24, 2.45) is 11.8 Å². The Bertz CT molecular complexity index is 140. The zero-order valence-electron chi connectivity index (χ0n) is 7.42. The van der Waals surface area contributed by atoms with Crippen LogP contribution in [0.5, 0.6) is 0 Å². The number of hydrogen-bond acceptors (Lipinski definition) is 2. The number of rotatable bonds is 4. The molecule has 0 saturated heterocycles. The average molecular weight is 177 g/mol. The predicted octanol–water partition coefficient (Wildman–Crippen LogP) is -1.32. The van der Waals surface area contributed by atoms with Crippen molar-refractivity contribution < 1.29 is 56.2 Å². The van der Waals surface area contributed by atoms with E-state index in [9.17, 15) is 4.79 Å². The van der Waals surface area contributed by atoms with E-state index in [2.05, 4.69) is 6.07 Å². The normalized spacial score (nSPS) is 11.5. The average Bonchev–Trinajstić information content (AvgIpc) is 1.86. The van der Waals surface area contributed by atoms with E-state index in [1.54, 1.807) is 6.29 Å². The van der Waals surface area contributed by atoms with Gasteiger partial charge in [-0.15, -0.1) is 6.42 Å². The van der Waals surface area contributed by atoms with Crippen molar-refractivity contribution in [3.8, 4) is 6.07 Å². The number of hydrogen-bond donors (Lipinski definition) is 0. The van der Waals surface area contributed by atoms with E-state index in [1.807, 2.05) is 13.8 Å². The molecule has 0 saturated carbocycles. The third-order valence-electron chi connectivity index (χ3n) is 1.27. The van der Waals surface area contributed by atoms with E-state index in [-0.39, 0.29) is 63.7 Å². The minimum Gasteiger partial charge on any atom is -0.542 e. The van der Waals surface area contributed by atoms with Crippen LogP contribution in [0.25, 0.3) is 0 Å². The van der Waals surface area contributed by atoms with Crippen LogP contribution in [-0.2, 0) is 4.79 Å². The second kappa shape index (κ2) is 8.89. The minimum absolute atomic E-state index is 0. The van der Waals surface area contributed by atoms with Crippen molar-refractivity contribution in [2.45, 2.75) is 26.7 Å². The van der Waals surface area contributed by atoms with Crippen LogP contribution >= 0.6 is 0 Å². The minimum atomic E-state index is -0.127. The first-order valence-corrected chi connectivity index (χ1v) is 3.45. The van der Waals surface area contributed by atoms with Crippen LogP contribution in [-0.4, -0.2) is 6.29 Å². The van der Waals surface area contributed by atoms with E-state index in [1.165, 1.54) is 0 Å². The zero-order chi connectivity index (χ0) is 7.98. The van der Waals surface area contributed by atoms with Gasteiger partial charge in [0, 0.05) is 5.92 Å².